The van der Waals surface area contributed by atoms with Crippen molar-refractivity contribution in [3.8, 4) is 0 Å². The second-order valence-corrected chi connectivity index (χ2v) is 5.56. The fourth-order valence-corrected chi connectivity index (χ4v) is 1.39. The Hall–Kier alpha value is -1.07. The SMILES string of the molecule is CC(C)COC(=O)c1ccc(C(=O)OCC(C)C)cc1.[MgH2]. The van der Waals surface area contributed by atoms with E-state index in [-0.39, 0.29) is 35.0 Å². The maximum atomic E-state index is 11.7. The van der Waals surface area contributed by atoms with Gasteiger partial charge in [0.2, 0.25) is 0 Å². The van der Waals surface area contributed by atoms with Crippen LogP contribution in [0, 0.1) is 11.8 Å². The van der Waals surface area contributed by atoms with E-state index in [1.165, 1.54) is 0 Å². The van der Waals surface area contributed by atoms with Crippen LogP contribution in [0.1, 0.15) is 48.4 Å². The summed E-state index contributed by atoms with van der Waals surface area (Å²) in [7, 11) is 0. The molecule has 0 aliphatic rings. The standard InChI is InChI=1S/C16H22O4.Mg.2H/c1-11(2)9-19-15(17)13-5-7-14(8-6-13)16(18)20-10-12(3)4;;;/h5-8,11-12H,9-10H2,1-4H3;;;. The van der Waals surface area contributed by atoms with Gasteiger partial charge in [0, 0.05) is 0 Å². The minimum atomic E-state index is -0.374. The van der Waals surface area contributed by atoms with Crippen molar-refractivity contribution in [2.24, 2.45) is 11.8 Å². The fourth-order valence-electron chi connectivity index (χ4n) is 1.39. The van der Waals surface area contributed by atoms with E-state index in [4.69, 9.17) is 9.47 Å². The molecule has 0 heterocycles. The highest BCUT2D eigenvalue weighted by molar-refractivity contribution is 5.93. The molecule has 4 nitrogen and oxygen atoms in total. The van der Waals surface area contributed by atoms with E-state index in [1.54, 1.807) is 24.3 Å². The van der Waals surface area contributed by atoms with Gasteiger partial charge in [-0.2, -0.15) is 0 Å². The van der Waals surface area contributed by atoms with Gasteiger partial charge < -0.3 is 9.47 Å². The lowest BCUT2D eigenvalue weighted by Gasteiger charge is -2.08. The van der Waals surface area contributed by atoms with Crippen LogP contribution in [0.25, 0.3) is 0 Å². The summed E-state index contributed by atoms with van der Waals surface area (Å²) >= 11 is 0. The highest BCUT2D eigenvalue weighted by Gasteiger charge is 2.11. The third-order valence-corrected chi connectivity index (χ3v) is 2.45. The summed E-state index contributed by atoms with van der Waals surface area (Å²) in [5.74, 6) is -0.157. The van der Waals surface area contributed by atoms with Crippen LogP contribution in [0.2, 0.25) is 0 Å². The molecule has 0 bridgehead atoms. The third kappa shape index (κ3) is 7.48. The van der Waals surface area contributed by atoms with Gasteiger partial charge in [0.1, 0.15) is 0 Å². The van der Waals surface area contributed by atoms with Crippen molar-refractivity contribution in [3.63, 3.8) is 0 Å². The van der Waals surface area contributed by atoms with Crippen LogP contribution >= 0.6 is 0 Å². The zero-order valence-electron chi connectivity index (χ0n) is 12.5. The molecule has 1 aromatic carbocycles. The lowest BCUT2D eigenvalue weighted by atomic mass is 10.1. The smallest absolute Gasteiger partial charge is 0.338 e. The first-order valence-corrected chi connectivity index (χ1v) is 6.84. The molecule has 0 radical (unpaired) electrons. The molecule has 5 heteroatoms. The molecule has 0 saturated heterocycles. The van der Waals surface area contributed by atoms with Gasteiger partial charge >= 0.3 is 35.0 Å². The Bertz CT molecular complexity index is 409. The van der Waals surface area contributed by atoms with Crippen molar-refractivity contribution < 1.29 is 19.1 Å². The Morgan fingerprint density at radius 2 is 1.10 bits per heavy atom. The Morgan fingerprint density at radius 1 is 0.810 bits per heavy atom. The Morgan fingerprint density at radius 3 is 1.33 bits per heavy atom. The quantitative estimate of drug-likeness (QED) is 0.598. The van der Waals surface area contributed by atoms with Crippen LogP contribution in [0.15, 0.2) is 24.3 Å². The molecule has 21 heavy (non-hydrogen) atoms. The molecule has 0 atom stereocenters. The molecule has 0 N–H and O–H groups in total. The van der Waals surface area contributed by atoms with Gasteiger partial charge in [-0.05, 0) is 36.1 Å². The molecule has 0 fully saturated rings. The van der Waals surface area contributed by atoms with Crippen LogP contribution < -0.4 is 0 Å². The van der Waals surface area contributed by atoms with E-state index in [0.717, 1.165) is 0 Å². The summed E-state index contributed by atoms with van der Waals surface area (Å²) in [6.07, 6.45) is 0. The number of carbonyl (C=O) groups is 2. The van der Waals surface area contributed by atoms with Gasteiger partial charge in [0.25, 0.3) is 0 Å². The molecule has 114 valence electrons. The van der Waals surface area contributed by atoms with Crippen LogP contribution in [0.4, 0.5) is 0 Å². The Kier molecular flexibility index (Phi) is 9.29. The van der Waals surface area contributed by atoms with Gasteiger partial charge in [-0.3, -0.25) is 0 Å². The number of esters is 2. The van der Waals surface area contributed by atoms with Crippen molar-refractivity contribution in [2.75, 3.05) is 13.2 Å². The molecule has 0 unspecified atom stereocenters. The summed E-state index contributed by atoms with van der Waals surface area (Å²) < 4.78 is 10.2. The maximum absolute atomic E-state index is 11.7. The van der Waals surface area contributed by atoms with Crippen molar-refractivity contribution in [1.29, 1.82) is 0 Å². The summed E-state index contributed by atoms with van der Waals surface area (Å²) in [6, 6.07) is 6.31. The zero-order chi connectivity index (χ0) is 15.1. The van der Waals surface area contributed by atoms with Gasteiger partial charge in [0.05, 0.1) is 24.3 Å². The number of rotatable bonds is 6. The van der Waals surface area contributed by atoms with E-state index >= 15 is 0 Å². The topological polar surface area (TPSA) is 52.6 Å². The molecule has 0 spiro atoms. The molecular formula is C16H24MgO4. The van der Waals surface area contributed by atoms with Crippen LogP contribution in [0.5, 0.6) is 0 Å². The first-order valence-electron chi connectivity index (χ1n) is 6.84. The molecule has 0 saturated carbocycles. The average Bonchev–Trinajstić information content (AvgIpc) is 2.42. The second-order valence-electron chi connectivity index (χ2n) is 5.56. The highest BCUT2D eigenvalue weighted by Crippen LogP contribution is 2.09. The molecule has 1 aromatic rings. The lowest BCUT2D eigenvalue weighted by Crippen LogP contribution is -2.12. The largest absolute Gasteiger partial charge is 0.462 e. The highest BCUT2D eigenvalue weighted by atomic mass is 24.3. The van der Waals surface area contributed by atoms with E-state index in [0.29, 0.717) is 36.2 Å². The van der Waals surface area contributed by atoms with E-state index in [9.17, 15) is 9.59 Å². The van der Waals surface area contributed by atoms with Crippen LogP contribution in [0.3, 0.4) is 0 Å². The molecule has 0 aliphatic carbocycles. The zero-order valence-corrected chi connectivity index (χ0v) is 12.5. The fraction of sp³-hybridized carbons (Fsp3) is 0.500. The first kappa shape index (κ1) is 19.9. The van der Waals surface area contributed by atoms with Crippen LogP contribution in [-0.4, -0.2) is 48.2 Å². The predicted octanol–water partition coefficient (Wildman–Crippen LogP) is 2.40. The minimum Gasteiger partial charge on any atom is -0.462 e. The van der Waals surface area contributed by atoms with E-state index in [2.05, 4.69) is 0 Å². The lowest BCUT2D eigenvalue weighted by molar-refractivity contribution is 0.0445. The number of benzene rings is 1. The van der Waals surface area contributed by atoms with Gasteiger partial charge in [0.15, 0.2) is 0 Å². The number of hydrogen-bond donors (Lipinski definition) is 0. The summed E-state index contributed by atoms with van der Waals surface area (Å²) in [4.78, 5) is 23.4. The van der Waals surface area contributed by atoms with E-state index in [1.807, 2.05) is 27.7 Å². The Labute approximate surface area is 142 Å². The predicted molar refractivity (Wildman–Crippen MR) is 85.2 cm³/mol. The van der Waals surface area contributed by atoms with Gasteiger partial charge in [-0.25, -0.2) is 9.59 Å². The number of ether oxygens (including phenoxy) is 2. The molecule has 0 aliphatic heterocycles. The average molecular weight is 305 g/mol. The monoisotopic (exact) mass is 304 g/mol. The van der Waals surface area contributed by atoms with Crippen molar-refractivity contribution in [3.05, 3.63) is 35.4 Å². The van der Waals surface area contributed by atoms with Crippen LogP contribution in [-0.2, 0) is 9.47 Å². The molecule has 0 aromatic heterocycles. The maximum Gasteiger partial charge on any atom is 0.338 e. The third-order valence-electron chi connectivity index (χ3n) is 2.45. The number of carbonyl (C=O) groups excluding carboxylic acids is 2. The second kappa shape index (κ2) is 9.79. The summed E-state index contributed by atoms with van der Waals surface area (Å²) in [5, 5.41) is 0. The van der Waals surface area contributed by atoms with E-state index < -0.39 is 0 Å². The molecular weight excluding hydrogens is 280 g/mol. The normalized spacial score (nSPS) is 10.2. The summed E-state index contributed by atoms with van der Waals surface area (Å²) in [6.45, 7) is 8.67. The molecule has 1 rings (SSSR count). The van der Waals surface area contributed by atoms with Crippen molar-refractivity contribution in [1.82, 2.24) is 0 Å². The molecule has 0 amide bonds. The summed E-state index contributed by atoms with van der Waals surface area (Å²) in [5.41, 5.74) is 0.872. The Balaban J connectivity index is 0.00000400. The van der Waals surface area contributed by atoms with Crippen molar-refractivity contribution >= 4 is 35.0 Å². The number of hydrogen-bond acceptors (Lipinski definition) is 4. The van der Waals surface area contributed by atoms with Crippen molar-refractivity contribution in [2.45, 2.75) is 27.7 Å². The van der Waals surface area contributed by atoms with Gasteiger partial charge in [-0.1, -0.05) is 27.7 Å². The van der Waals surface area contributed by atoms with Gasteiger partial charge in [-0.15, -0.1) is 0 Å². The minimum absolute atomic E-state index is 0. The first-order chi connectivity index (χ1) is 9.40.